The fraction of sp³-hybridized carbons (Fsp3) is 0.500. The molecular formula is C12H18O3. The van der Waals surface area contributed by atoms with E-state index in [0.29, 0.717) is 17.4 Å². The van der Waals surface area contributed by atoms with Gasteiger partial charge in [0, 0.05) is 5.56 Å². The number of ether oxygens (including phenoxy) is 2. The van der Waals surface area contributed by atoms with Crippen molar-refractivity contribution >= 4 is 0 Å². The second-order valence-corrected chi connectivity index (χ2v) is 3.73. The summed E-state index contributed by atoms with van der Waals surface area (Å²) in [4.78, 5) is 0. The van der Waals surface area contributed by atoms with Gasteiger partial charge < -0.3 is 14.6 Å². The Bertz CT molecular complexity index is 307. The molecule has 84 valence electrons. The van der Waals surface area contributed by atoms with Crippen LogP contribution in [0.25, 0.3) is 0 Å². The zero-order chi connectivity index (χ0) is 11.4. The molecule has 0 unspecified atom stereocenters. The SMILES string of the molecule is COc1cc(C(C)C)cc(CO)c1OC. The molecule has 0 fully saturated rings. The number of hydrogen-bond acceptors (Lipinski definition) is 3. The van der Waals surface area contributed by atoms with Crippen LogP contribution in [0.1, 0.15) is 30.9 Å². The number of methoxy groups -OCH3 is 2. The van der Waals surface area contributed by atoms with Gasteiger partial charge >= 0.3 is 0 Å². The highest BCUT2D eigenvalue weighted by atomic mass is 16.5. The van der Waals surface area contributed by atoms with Crippen LogP contribution >= 0.6 is 0 Å². The average Bonchev–Trinajstić information content (AvgIpc) is 2.26. The summed E-state index contributed by atoms with van der Waals surface area (Å²) in [6.45, 7) is 4.16. The van der Waals surface area contributed by atoms with Gasteiger partial charge in [0.25, 0.3) is 0 Å². The van der Waals surface area contributed by atoms with Crippen molar-refractivity contribution in [1.29, 1.82) is 0 Å². The number of aliphatic hydroxyl groups excluding tert-OH is 1. The number of benzene rings is 1. The molecule has 0 aliphatic rings. The van der Waals surface area contributed by atoms with Crippen LogP contribution in [0, 0.1) is 0 Å². The molecule has 0 atom stereocenters. The Labute approximate surface area is 90.6 Å². The first-order chi connectivity index (χ1) is 7.13. The van der Waals surface area contributed by atoms with Crippen molar-refractivity contribution in [3.8, 4) is 11.5 Å². The van der Waals surface area contributed by atoms with Crippen molar-refractivity contribution in [3.05, 3.63) is 23.3 Å². The molecule has 3 nitrogen and oxygen atoms in total. The maximum absolute atomic E-state index is 9.24. The van der Waals surface area contributed by atoms with E-state index in [4.69, 9.17) is 9.47 Å². The highest BCUT2D eigenvalue weighted by Crippen LogP contribution is 2.34. The monoisotopic (exact) mass is 210 g/mol. The molecule has 0 aliphatic carbocycles. The van der Waals surface area contributed by atoms with Crippen LogP contribution in [0.4, 0.5) is 0 Å². The van der Waals surface area contributed by atoms with Gasteiger partial charge in [-0.3, -0.25) is 0 Å². The second-order valence-electron chi connectivity index (χ2n) is 3.73. The van der Waals surface area contributed by atoms with E-state index in [0.717, 1.165) is 11.1 Å². The second kappa shape index (κ2) is 5.03. The van der Waals surface area contributed by atoms with Gasteiger partial charge in [0.1, 0.15) is 0 Å². The fourth-order valence-corrected chi connectivity index (χ4v) is 1.52. The molecule has 1 N–H and O–H groups in total. The molecule has 0 saturated carbocycles. The first-order valence-electron chi connectivity index (χ1n) is 4.99. The van der Waals surface area contributed by atoms with E-state index < -0.39 is 0 Å². The first-order valence-corrected chi connectivity index (χ1v) is 4.99. The lowest BCUT2D eigenvalue weighted by molar-refractivity contribution is 0.269. The van der Waals surface area contributed by atoms with E-state index in [1.54, 1.807) is 14.2 Å². The Morgan fingerprint density at radius 2 is 1.87 bits per heavy atom. The Balaban J connectivity index is 3.29. The van der Waals surface area contributed by atoms with E-state index in [1.165, 1.54) is 0 Å². The van der Waals surface area contributed by atoms with Crippen molar-refractivity contribution in [3.63, 3.8) is 0 Å². The molecule has 0 aromatic heterocycles. The number of aliphatic hydroxyl groups is 1. The lowest BCUT2D eigenvalue weighted by Crippen LogP contribution is -1.99. The summed E-state index contributed by atoms with van der Waals surface area (Å²) in [7, 11) is 3.18. The highest BCUT2D eigenvalue weighted by Gasteiger charge is 2.12. The molecule has 0 spiro atoms. The third-order valence-corrected chi connectivity index (χ3v) is 2.42. The first kappa shape index (κ1) is 11.9. The van der Waals surface area contributed by atoms with Crippen LogP contribution in [-0.2, 0) is 6.61 Å². The van der Waals surface area contributed by atoms with Crippen molar-refractivity contribution in [1.82, 2.24) is 0 Å². The molecule has 1 aromatic rings. The van der Waals surface area contributed by atoms with Gasteiger partial charge in [-0.2, -0.15) is 0 Å². The molecule has 0 bridgehead atoms. The fourth-order valence-electron chi connectivity index (χ4n) is 1.52. The Morgan fingerprint density at radius 1 is 1.20 bits per heavy atom. The van der Waals surface area contributed by atoms with Crippen molar-refractivity contribution in [2.24, 2.45) is 0 Å². The molecular weight excluding hydrogens is 192 g/mol. The standard InChI is InChI=1S/C12H18O3/c1-8(2)9-5-10(7-13)12(15-4)11(6-9)14-3/h5-6,8,13H,7H2,1-4H3. The van der Waals surface area contributed by atoms with Gasteiger partial charge in [0.15, 0.2) is 11.5 Å². The zero-order valence-electron chi connectivity index (χ0n) is 9.70. The Hall–Kier alpha value is -1.22. The summed E-state index contributed by atoms with van der Waals surface area (Å²) in [5, 5.41) is 9.24. The molecule has 1 aromatic carbocycles. The number of rotatable bonds is 4. The van der Waals surface area contributed by atoms with E-state index in [9.17, 15) is 5.11 Å². The minimum absolute atomic E-state index is 0.0416. The van der Waals surface area contributed by atoms with Gasteiger partial charge in [0.2, 0.25) is 0 Å². The third-order valence-electron chi connectivity index (χ3n) is 2.42. The van der Waals surface area contributed by atoms with Crippen molar-refractivity contribution in [2.45, 2.75) is 26.4 Å². The Morgan fingerprint density at radius 3 is 2.27 bits per heavy atom. The molecule has 0 saturated heterocycles. The average molecular weight is 210 g/mol. The highest BCUT2D eigenvalue weighted by molar-refractivity contribution is 5.49. The quantitative estimate of drug-likeness (QED) is 0.828. The van der Waals surface area contributed by atoms with Gasteiger partial charge in [-0.05, 0) is 23.6 Å². The largest absolute Gasteiger partial charge is 0.493 e. The van der Waals surface area contributed by atoms with Crippen LogP contribution in [0.5, 0.6) is 11.5 Å². The third kappa shape index (κ3) is 2.42. The van der Waals surface area contributed by atoms with Crippen LogP contribution in [0.3, 0.4) is 0 Å². The van der Waals surface area contributed by atoms with Crippen molar-refractivity contribution in [2.75, 3.05) is 14.2 Å². The lowest BCUT2D eigenvalue weighted by Gasteiger charge is -2.15. The van der Waals surface area contributed by atoms with Crippen LogP contribution in [0.15, 0.2) is 12.1 Å². The summed E-state index contributed by atoms with van der Waals surface area (Å²) in [6, 6.07) is 3.90. The maximum atomic E-state index is 9.24. The van der Waals surface area contributed by atoms with Gasteiger partial charge in [-0.15, -0.1) is 0 Å². The van der Waals surface area contributed by atoms with Crippen LogP contribution in [0.2, 0.25) is 0 Å². The molecule has 1 rings (SSSR count). The van der Waals surface area contributed by atoms with E-state index >= 15 is 0 Å². The van der Waals surface area contributed by atoms with Crippen LogP contribution < -0.4 is 9.47 Å². The minimum Gasteiger partial charge on any atom is -0.493 e. The Kier molecular flexibility index (Phi) is 3.97. The minimum atomic E-state index is -0.0416. The summed E-state index contributed by atoms with van der Waals surface area (Å²) in [5.41, 5.74) is 1.90. The van der Waals surface area contributed by atoms with Crippen molar-refractivity contribution < 1.29 is 14.6 Å². The summed E-state index contributed by atoms with van der Waals surface area (Å²) >= 11 is 0. The zero-order valence-corrected chi connectivity index (χ0v) is 9.70. The topological polar surface area (TPSA) is 38.7 Å². The summed E-state index contributed by atoms with van der Waals surface area (Å²) in [5.74, 6) is 1.69. The predicted octanol–water partition coefficient (Wildman–Crippen LogP) is 2.32. The molecule has 3 heteroatoms. The predicted molar refractivity (Wildman–Crippen MR) is 59.6 cm³/mol. The summed E-state index contributed by atoms with van der Waals surface area (Å²) < 4.78 is 10.4. The number of hydrogen-bond donors (Lipinski definition) is 1. The lowest BCUT2D eigenvalue weighted by atomic mass is 10.00. The molecule has 15 heavy (non-hydrogen) atoms. The van der Waals surface area contributed by atoms with E-state index in [-0.39, 0.29) is 6.61 Å². The molecule has 0 radical (unpaired) electrons. The summed E-state index contributed by atoms with van der Waals surface area (Å²) in [6.07, 6.45) is 0. The molecule has 0 aliphatic heterocycles. The van der Waals surface area contributed by atoms with Gasteiger partial charge in [-0.1, -0.05) is 13.8 Å². The molecule has 0 heterocycles. The molecule has 0 amide bonds. The maximum Gasteiger partial charge on any atom is 0.166 e. The van der Waals surface area contributed by atoms with Gasteiger partial charge in [0.05, 0.1) is 20.8 Å². The smallest absolute Gasteiger partial charge is 0.166 e. The van der Waals surface area contributed by atoms with E-state index in [2.05, 4.69) is 13.8 Å². The van der Waals surface area contributed by atoms with Crippen LogP contribution in [-0.4, -0.2) is 19.3 Å². The normalized spacial score (nSPS) is 10.5. The van der Waals surface area contributed by atoms with Gasteiger partial charge in [-0.25, -0.2) is 0 Å². The van der Waals surface area contributed by atoms with E-state index in [1.807, 2.05) is 12.1 Å².